The molecule has 2 N–H and O–H groups in total. The first-order valence-corrected chi connectivity index (χ1v) is 12.7. The van der Waals surface area contributed by atoms with Gasteiger partial charge < -0.3 is 15.4 Å². The molecule has 0 atom stereocenters. The highest BCUT2D eigenvalue weighted by Crippen LogP contribution is 2.45. The number of rotatable bonds is 8. The fraction of sp³-hybridized carbons (Fsp3) is 0.385. The Kier molecular flexibility index (Phi) is 6.52. The van der Waals surface area contributed by atoms with Crippen molar-refractivity contribution in [1.29, 1.82) is 0 Å². The molecule has 2 fully saturated rings. The van der Waals surface area contributed by atoms with Crippen LogP contribution in [0.2, 0.25) is 0 Å². The van der Waals surface area contributed by atoms with Crippen LogP contribution in [0, 0.1) is 5.41 Å². The molecule has 2 aliphatic rings. The molecular formula is C26H31N5O2S. The molecule has 7 nitrogen and oxygen atoms in total. The van der Waals surface area contributed by atoms with Crippen LogP contribution in [0.5, 0.6) is 5.75 Å². The van der Waals surface area contributed by atoms with Crippen LogP contribution in [-0.2, 0) is 5.75 Å². The van der Waals surface area contributed by atoms with Crippen molar-refractivity contribution in [2.24, 2.45) is 5.41 Å². The van der Waals surface area contributed by atoms with E-state index in [1.807, 2.05) is 48.5 Å². The predicted molar refractivity (Wildman–Crippen MR) is 139 cm³/mol. The highest BCUT2D eigenvalue weighted by Gasteiger charge is 2.39. The molecule has 178 valence electrons. The maximum atomic E-state index is 13.4. The minimum Gasteiger partial charge on any atom is -0.486 e. The molecule has 1 saturated carbocycles. The number of para-hydroxylation sites is 2. The first-order valence-electron chi connectivity index (χ1n) is 11.8. The molecule has 1 aromatic heterocycles. The van der Waals surface area contributed by atoms with E-state index >= 15 is 0 Å². The van der Waals surface area contributed by atoms with E-state index in [1.165, 1.54) is 4.68 Å². The molecule has 3 aromatic rings. The third kappa shape index (κ3) is 5.08. The SMILES string of the molecule is CC1(COc2c(N3CCN(SCc4ccccc4N)CC3)cnn(-c3ccccc3)c2=O)CC1. The van der Waals surface area contributed by atoms with Crippen molar-refractivity contribution in [3.05, 3.63) is 76.7 Å². The average Bonchev–Trinajstić information content (AvgIpc) is 3.61. The second kappa shape index (κ2) is 9.72. The Hall–Kier alpha value is -2.97. The Bertz CT molecular complexity index is 1190. The normalized spacial score (nSPS) is 17.5. The molecule has 0 radical (unpaired) electrons. The third-order valence-electron chi connectivity index (χ3n) is 6.62. The summed E-state index contributed by atoms with van der Waals surface area (Å²) in [5.41, 5.74) is 9.59. The summed E-state index contributed by atoms with van der Waals surface area (Å²) in [6.45, 7) is 6.15. The first-order chi connectivity index (χ1) is 16.5. The lowest BCUT2D eigenvalue weighted by Crippen LogP contribution is -2.44. The van der Waals surface area contributed by atoms with Gasteiger partial charge in [0, 0.05) is 43.0 Å². The Balaban J connectivity index is 1.31. The fourth-order valence-electron chi connectivity index (χ4n) is 4.03. The number of nitrogens with zero attached hydrogens (tertiary/aromatic N) is 4. The highest BCUT2D eigenvalue weighted by molar-refractivity contribution is 7.96. The zero-order chi connectivity index (χ0) is 23.5. The van der Waals surface area contributed by atoms with Gasteiger partial charge in [0.05, 0.1) is 18.5 Å². The molecule has 2 aromatic carbocycles. The fourth-order valence-corrected chi connectivity index (χ4v) is 5.04. The van der Waals surface area contributed by atoms with Crippen LogP contribution in [0.25, 0.3) is 5.69 Å². The second-order valence-corrected chi connectivity index (χ2v) is 10.5. The van der Waals surface area contributed by atoms with Gasteiger partial charge in [0.15, 0.2) is 0 Å². The molecule has 34 heavy (non-hydrogen) atoms. The summed E-state index contributed by atoms with van der Waals surface area (Å²) in [6.07, 6.45) is 4.07. The van der Waals surface area contributed by atoms with Gasteiger partial charge in [0.25, 0.3) is 0 Å². The van der Waals surface area contributed by atoms with E-state index in [-0.39, 0.29) is 11.0 Å². The second-order valence-electron chi connectivity index (χ2n) is 9.40. The summed E-state index contributed by atoms with van der Waals surface area (Å²) in [6, 6.07) is 17.5. The lowest BCUT2D eigenvalue weighted by atomic mass is 10.2. The first kappa shape index (κ1) is 22.8. The van der Waals surface area contributed by atoms with Crippen molar-refractivity contribution in [3.8, 4) is 11.4 Å². The number of hydrogen-bond acceptors (Lipinski definition) is 7. The molecule has 1 aliphatic carbocycles. The van der Waals surface area contributed by atoms with Gasteiger partial charge in [-0.1, -0.05) is 55.3 Å². The molecule has 8 heteroatoms. The van der Waals surface area contributed by atoms with Gasteiger partial charge >= 0.3 is 5.56 Å². The van der Waals surface area contributed by atoms with Crippen LogP contribution >= 0.6 is 11.9 Å². The molecule has 1 aliphatic heterocycles. The number of aromatic nitrogens is 2. The zero-order valence-corrected chi connectivity index (χ0v) is 20.3. The van der Waals surface area contributed by atoms with Gasteiger partial charge in [-0.25, -0.2) is 4.31 Å². The minimum absolute atomic E-state index is 0.180. The van der Waals surface area contributed by atoms with Gasteiger partial charge in [0.2, 0.25) is 5.75 Å². The number of nitrogens with two attached hydrogens (primary N) is 1. The number of nitrogen functional groups attached to an aromatic ring is 1. The van der Waals surface area contributed by atoms with Gasteiger partial charge in [-0.05, 0) is 36.6 Å². The number of piperazine rings is 1. The van der Waals surface area contributed by atoms with Crippen molar-refractivity contribution < 1.29 is 4.74 Å². The van der Waals surface area contributed by atoms with Gasteiger partial charge in [-0.2, -0.15) is 9.78 Å². The molecule has 0 bridgehead atoms. The number of ether oxygens (including phenoxy) is 1. The monoisotopic (exact) mass is 477 g/mol. The molecule has 2 heterocycles. The maximum Gasteiger partial charge on any atom is 0.316 e. The Morgan fingerprint density at radius 2 is 1.74 bits per heavy atom. The standard InChI is InChI=1S/C26H31N5O2S/c1-26(11-12-26)19-33-24-23(17-28-31(25(24)32)21-8-3-2-4-9-21)29-13-15-30(16-14-29)34-18-20-7-5-6-10-22(20)27/h2-10,17H,11-16,18-19,27H2,1H3. The summed E-state index contributed by atoms with van der Waals surface area (Å²) in [7, 11) is 0. The summed E-state index contributed by atoms with van der Waals surface area (Å²) in [5, 5.41) is 4.50. The van der Waals surface area contributed by atoms with E-state index in [0.717, 1.165) is 67.4 Å². The van der Waals surface area contributed by atoms with Crippen LogP contribution in [-0.4, -0.2) is 46.9 Å². The largest absolute Gasteiger partial charge is 0.486 e. The van der Waals surface area contributed by atoms with Crippen LogP contribution < -0.4 is 20.9 Å². The molecule has 5 rings (SSSR count). The van der Waals surface area contributed by atoms with Crippen LogP contribution in [0.4, 0.5) is 11.4 Å². The highest BCUT2D eigenvalue weighted by atomic mass is 32.2. The molecule has 0 unspecified atom stereocenters. The summed E-state index contributed by atoms with van der Waals surface area (Å²) in [4.78, 5) is 15.7. The van der Waals surface area contributed by atoms with Crippen molar-refractivity contribution in [3.63, 3.8) is 0 Å². The van der Waals surface area contributed by atoms with E-state index in [1.54, 1.807) is 18.1 Å². The van der Waals surface area contributed by atoms with E-state index in [0.29, 0.717) is 12.4 Å². The quantitative estimate of drug-likeness (QED) is 0.389. The van der Waals surface area contributed by atoms with Crippen LogP contribution in [0.15, 0.2) is 65.6 Å². The summed E-state index contributed by atoms with van der Waals surface area (Å²) < 4.78 is 10.0. The number of hydrogen-bond donors (Lipinski definition) is 1. The minimum atomic E-state index is -0.204. The Morgan fingerprint density at radius 1 is 1.03 bits per heavy atom. The van der Waals surface area contributed by atoms with Crippen molar-refractivity contribution >= 4 is 23.3 Å². The van der Waals surface area contributed by atoms with Gasteiger partial charge in [-0.15, -0.1) is 0 Å². The van der Waals surface area contributed by atoms with Crippen LogP contribution in [0.1, 0.15) is 25.3 Å². The van der Waals surface area contributed by atoms with Crippen LogP contribution in [0.3, 0.4) is 0 Å². The predicted octanol–water partition coefficient (Wildman–Crippen LogP) is 3.96. The van der Waals surface area contributed by atoms with Gasteiger partial charge in [0.1, 0.15) is 5.69 Å². The summed E-state index contributed by atoms with van der Waals surface area (Å²) >= 11 is 1.80. The van der Waals surface area contributed by atoms with Crippen molar-refractivity contribution in [2.75, 3.05) is 43.4 Å². The van der Waals surface area contributed by atoms with E-state index in [9.17, 15) is 4.79 Å². The molecule has 1 saturated heterocycles. The molecule has 0 amide bonds. The van der Waals surface area contributed by atoms with Crippen molar-refractivity contribution in [2.45, 2.75) is 25.5 Å². The molecule has 0 spiro atoms. The average molecular weight is 478 g/mol. The summed E-state index contributed by atoms with van der Waals surface area (Å²) in [5.74, 6) is 1.26. The van der Waals surface area contributed by atoms with E-state index in [4.69, 9.17) is 10.5 Å². The number of anilines is 2. The lowest BCUT2D eigenvalue weighted by molar-refractivity contribution is 0.243. The Labute approximate surface area is 204 Å². The smallest absolute Gasteiger partial charge is 0.316 e. The van der Waals surface area contributed by atoms with E-state index < -0.39 is 0 Å². The van der Waals surface area contributed by atoms with Gasteiger partial charge in [-0.3, -0.25) is 4.79 Å². The van der Waals surface area contributed by atoms with Crippen molar-refractivity contribution in [1.82, 2.24) is 14.1 Å². The maximum absolute atomic E-state index is 13.4. The molecular weight excluding hydrogens is 446 g/mol. The number of benzene rings is 2. The lowest BCUT2D eigenvalue weighted by Gasteiger charge is -2.35. The van der Waals surface area contributed by atoms with E-state index in [2.05, 4.69) is 27.3 Å². The topological polar surface area (TPSA) is 76.6 Å². The zero-order valence-electron chi connectivity index (χ0n) is 19.5. The Morgan fingerprint density at radius 3 is 2.44 bits per heavy atom. The third-order valence-corrected chi connectivity index (χ3v) is 7.79.